The van der Waals surface area contributed by atoms with Gasteiger partial charge in [-0.3, -0.25) is 0 Å². The molecule has 0 saturated carbocycles. The van der Waals surface area contributed by atoms with Crippen molar-refractivity contribution in [3.8, 4) is 44.5 Å². The van der Waals surface area contributed by atoms with E-state index in [2.05, 4.69) is 194 Å². The van der Waals surface area contributed by atoms with Crippen LogP contribution in [0.15, 0.2) is 194 Å². The second-order valence-electron chi connectivity index (χ2n) is 14.8. The Morgan fingerprint density at radius 3 is 1.40 bits per heavy atom. The van der Waals surface area contributed by atoms with Crippen molar-refractivity contribution >= 4 is 43.1 Å². The van der Waals surface area contributed by atoms with Gasteiger partial charge < -0.3 is 0 Å². The lowest BCUT2D eigenvalue weighted by Gasteiger charge is -2.30. The first-order valence-electron chi connectivity index (χ1n) is 18.6. The third-order valence-electron chi connectivity index (χ3n) is 12.2. The minimum absolute atomic E-state index is 0.379. The van der Waals surface area contributed by atoms with E-state index in [9.17, 15) is 0 Å². The summed E-state index contributed by atoms with van der Waals surface area (Å²) in [5, 5.41) is 10.3. The van der Waals surface area contributed by atoms with E-state index in [-0.39, 0.29) is 5.41 Å². The molecule has 2 aliphatic carbocycles. The van der Waals surface area contributed by atoms with E-state index in [0.717, 1.165) is 0 Å². The molecule has 12 rings (SSSR count). The van der Waals surface area contributed by atoms with Crippen LogP contribution in [0.5, 0.6) is 0 Å². The summed E-state index contributed by atoms with van der Waals surface area (Å²) in [6.07, 6.45) is 0. The van der Waals surface area contributed by atoms with E-state index < -0.39 is 0 Å². The highest BCUT2D eigenvalue weighted by atomic mass is 14.5. The van der Waals surface area contributed by atoms with Gasteiger partial charge in [-0.05, 0) is 146 Å². The maximum absolute atomic E-state index is 2.51. The first-order chi connectivity index (χ1) is 26.3. The fraction of sp³-hybridized carbons (Fsp3) is 0.0189. The lowest BCUT2D eigenvalue weighted by molar-refractivity contribution is 0.796. The van der Waals surface area contributed by atoms with Crippen molar-refractivity contribution in [1.82, 2.24) is 0 Å². The van der Waals surface area contributed by atoms with Gasteiger partial charge in [0.25, 0.3) is 0 Å². The van der Waals surface area contributed by atoms with Crippen molar-refractivity contribution < 1.29 is 0 Å². The summed E-state index contributed by atoms with van der Waals surface area (Å²) in [6.45, 7) is 0. The molecule has 0 aromatic heterocycles. The van der Waals surface area contributed by atoms with Gasteiger partial charge in [-0.15, -0.1) is 0 Å². The quantitative estimate of drug-likeness (QED) is 0.161. The van der Waals surface area contributed by atoms with Crippen LogP contribution in [0, 0.1) is 0 Å². The van der Waals surface area contributed by atoms with E-state index in [1.165, 1.54) is 110 Å². The van der Waals surface area contributed by atoms with Crippen LogP contribution in [0.25, 0.3) is 87.6 Å². The Kier molecular flexibility index (Phi) is 5.80. The molecule has 0 amide bonds. The van der Waals surface area contributed by atoms with Crippen LogP contribution in [-0.2, 0) is 5.41 Å². The van der Waals surface area contributed by atoms with Gasteiger partial charge >= 0.3 is 0 Å². The average Bonchev–Trinajstić information content (AvgIpc) is 3.68. The van der Waals surface area contributed by atoms with E-state index in [4.69, 9.17) is 0 Å². The van der Waals surface area contributed by atoms with E-state index in [1.807, 2.05) is 0 Å². The summed E-state index contributed by atoms with van der Waals surface area (Å²) in [6, 6.07) is 72.9. The Labute approximate surface area is 308 Å². The van der Waals surface area contributed by atoms with Crippen molar-refractivity contribution in [2.45, 2.75) is 5.41 Å². The fourth-order valence-electron chi connectivity index (χ4n) is 9.88. The van der Waals surface area contributed by atoms with Gasteiger partial charge in [0, 0.05) is 0 Å². The van der Waals surface area contributed by atoms with Crippen LogP contribution in [0.3, 0.4) is 0 Å². The Morgan fingerprint density at radius 1 is 0.226 bits per heavy atom. The number of fused-ring (bicyclic) bond motifs is 15. The maximum atomic E-state index is 2.51. The van der Waals surface area contributed by atoms with Crippen LogP contribution >= 0.6 is 0 Å². The highest BCUT2D eigenvalue weighted by Gasteiger charge is 2.51. The maximum Gasteiger partial charge on any atom is 0.0725 e. The van der Waals surface area contributed by atoms with Crippen LogP contribution in [-0.4, -0.2) is 0 Å². The SMILES string of the molecule is c1ccc2c(c1)-c1ccccc1C21c2cc3ccccc3cc2-c2cc3ccc(-c4ccc(-c5cc6ccccc6c6ccccc56)cc4)cc3cc21. The number of hydrogen-bond donors (Lipinski definition) is 0. The molecule has 0 atom stereocenters. The van der Waals surface area contributed by atoms with Crippen molar-refractivity contribution in [3.63, 3.8) is 0 Å². The Morgan fingerprint density at radius 2 is 0.698 bits per heavy atom. The molecule has 1 spiro atoms. The van der Waals surface area contributed by atoms with E-state index in [0.29, 0.717) is 0 Å². The molecule has 0 heterocycles. The van der Waals surface area contributed by atoms with Crippen molar-refractivity contribution in [2.24, 2.45) is 0 Å². The second kappa shape index (κ2) is 10.6. The summed E-state index contributed by atoms with van der Waals surface area (Å²) in [4.78, 5) is 0. The third kappa shape index (κ3) is 3.90. The molecule has 0 fully saturated rings. The molecule has 0 nitrogen and oxygen atoms in total. The van der Waals surface area contributed by atoms with E-state index >= 15 is 0 Å². The Balaban J connectivity index is 1.04. The highest BCUT2D eigenvalue weighted by molar-refractivity contribution is 6.14. The van der Waals surface area contributed by atoms with Crippen LogP contribution in [0.4, 0.5) is 0 Å². The summed E-state index contributed by atoms with van der Waals surface area (Å²) in [5.74, 6) is 0. The van der Waals surface area contributed by atoms with Gasteiger partial charge in [0.2, 0.25) is 0 Å². The van der Waals surface area contributed by atoms with Gasteiger partial charge in [-0.25, -0.2) is 0 Å². The van der Waals surface area contributed by atoms with Crippen molar-refractivity contribution in [3.05, 3.63) is 216 Å². The van der Waals surface area contributed by atoms with E-state index in [1.54, 1.807) is 0 Å². The topological polar surface area (TPSA) is 0 Å². The number of benzene rings is 10. The molecule has 0 N–H and O–H groups in total. The molecular weight excluding hydrogens is 637 g/mol. The monoisotopic (exact) mass is 668 g/mol. The normalized spacial score (nSPS) is 13.4. The Bertz CT molecular complexity index is 3120. The molecule has 0 bridgehead atoms. The zero-order chi connectivity index (χ0) is 34.7. The average molecular weight is 669 g/mol. The molecular formula is C53H32. The van der Waals surface area contributed by atoms with Gasteiger partial charge in [0.15, 0.2) is 0 Å². The minimum atomic E-state index is -0.379. The molecule has 0 unspecified atom stereocenters. The lowest BCUT2D eigenvalue weighted by Crippen LogP contribution is -2.25. The van der Waals surface area contributed by atoms with Crippen molar-refractivity contribution in [2.75, 3.05) is 0 Å². The summed E-state index contributed by atoms with van der Waals surface area (Å²) in [5.41, 5.74) is 15.5. The van der Waals surface area contributed by atoms with Crippen LogP contribution in [0.2, 0.25) is 0 Å². The van der Waals surface area contributed by atoms with Gasteiger partial charge in [-0.1, -0.05) is 158 Å². The standard InChI is InChI=1S/C53H32/c1-2-12-36-31-51-47(28-35(36)11-1)48-29-38-26-25-37(27-40(38)32-52(48)53(51)49-19-9-7-17-44(49)45-18-8-10-20-50(45)53)33-21-23-34(24-22-33)46-30-39-13-3-4-14-41(39)42-15-5-6-16-43(42)46/h1-32H. The Hall–Kier alpha value is -6.76. The second-order valence-corrected chi connectivity index (χ2v) is 14.8. The van der Waals surface area contributed by atoms with Gasteiger partial charge in [0.05, 0.1) is 5.41 Å². The molecule has 0 saturated heterocycles. The smallest absolute Gasteiger partial charge is 0.0619 e. The number of hydrogen-bond acceptors (Lipinski definition) is 0. The molecule has 53 heavy (non-hydrogen) atoms. The predicted octanol–water partition coefficient (Wildman–Crippen LogP) is 14.0. The zero-order valence-electron chi connectivity index (χ0n) is 29.0. The predicted molar refractivity (Wildman–Crippen MR) is 224 cm³/mol. The molecule has 10 aromatic carbocycles. The zero-order valence-corrected chi connectivity index (χ0v) is 29.0. The largest absolute Gasteiger partial charge is 0.0725 e. The molecule has 10 aromatic rings. The molecule has 0 aliphatic heterocycles. The minimum Gasteiger partial charge on any atom is -0.0619 e. The first-order valence-corrected chi connectivity index (χ1v) is 18.6. The first kappa shape index (κ1) is 28.9. The fourth-order valence-corrected chi connectivity index (χ4v) is 9.88. The third-order valence-corrected chi connectivity index (χ3v) is 12.2. The summed E-state index contributed by atoms with van der Waals surface area (Å²) < 4.78 is 0. The summed E-state index contributed by atoms with van der Waals surface area (Å²) in [7, 11) is 0. The highest BCUT2D eigenvalue weighted by Crippen LogP contribution is 2.63. The van der Waals surface area contributed by atoms with Crippen LogP contribution in [0.1, 0.15) is 22.3 Å². The summed E-state index contributed by atoms with van der Waals surface area (Å²) >= 11 is 0. The van der Waals surface area contributed by atoms with Gasteiger partial charge in [-0.2, -0.15) is 0 Å². The molecule has 2 aliphatic rings. The number of rotatable bonds is 2. The van der Waals surface area contributed by atoms with Crippen molar-refractivity contribution in [1.29, 1.82) is 0 Å². The van der Waals surface area contributed by atoms with Gasteiger partial charge in [0.1, 0.15) is 0 Å². The van der Waals surface area contributed by atoms with Crippen LogP contribution < -0.4 is 0 Å². The molecule has 0 heteroatoms. The molecule has 0 radical (unpaired) electrons. The molecule has 244 valence electrons. The lowest BCUT2D eigenvalue weighted by atomic mass is 9.70.